The van der Waals surface area contributed by atoms with E-state index in [0.29, 0.717) is 6.42 Å². The summed E-state index contributed by atoms with van der Waals surface area (Å²) >= 11 is 0. The Morgan fingerprint density at radius 3 is 1.32 bits per heavy atom. The first kappa shape index (κ1) is 45.6. The third kappa shape index (κ3) is 35.7. The van der Waals surface area contributed by atoms with Gasteiger partial charge < -0.3 is 15.5 Å². The van der Waals surface area contributed by atoms with E-state index < -0.39 is 12.1 Å². The van der Waals surface area contributed by atoms with Gasteiger partial charge in [-0.15, -0.1) is 0 Å². The van der Waals surface area contributed by atoms with Gasteiger partial charge >= 0.3 is 0 Å². The molecule has 1 amide bonds. The number of carbonyl (C=O) groups excluding carboxylic acids is 1. The van der Waals surface area contributed by atoms with Gasteiger partial charge in [0.25, 0.3) is 0 Å². The summed E-state index contributed by atoms with van der Waals surface area (Å²) in [6.45, 7) is 4.28. The molecule has 0 aromatic carbocycles. The third-order valence-electron chi connectivity index (χ3n) is 9.37. The Morgan fingerprint density at radius 1 is 0.511 bits per heavy atom. The molecule has 0 saturated heterocycles. The van der Waals surface area contributed by atoms with Crippen LogP contribution in [0.15, 0.2) is 36.5 Å². The van der Waals surface area contributed by atoms with Crippen LogP contribution in [0.5, 0.6) is 0 Å². The fourth-order valence-electron chi connectivity index (χ4n) is 6.15. The number of amides is 1. The minimum atomic E-state index is -0.841. The molecular weight excluding hydrogens is 578 g/mol. The van der Waals surface area contributed by atoms with Gasteiger partial charge in [-0.25, -0.2) is 0 Å². The maximum atomic E-state index is 12.4. The molecule has 0 aliphatic carbocycles. The molecule has 0 bridgehead atoms. The Labute approximate surface area is 293 Å². The van der Waals surface area contributed by atoms with E-state index in [1.165, 1.54) is 161 Å². The number of carbonyl (C=O) groups is 1. The van der Waals surface area contributed by atoms with Gasteiger partial charge in [-0.3, -0.25) is 4.79 Å². The number of nitrogens with one attached hydrogen (secondary N) is 1. The van der Waals surface area contributed by atoms with Crippen molar-refractivity contribution in [1.29, 1.82) is 0 Å². The molecule has 0 aliphatic heterocycles. The highest BCUT2D eigenvalue weighted by atomic mass is 16.3. The number of rotatable bonds is 37. The van der Waals surface area contributed by atoms with Gasteiger partial charge in [0.1, 0.15) is 0 Å². The quantitative estimate of drug-likeness (QED) is 0.0459. The molecule has 3 N–H and O–H groups in total. The molecular formula is C43H81NO3. The summed E-state index contributed by atoms with van der Waals surface area (Å²) in [5, 5.41) is 23.0. The Hall–Kier alpha value is -1.39. The van der Waals surface area contributed by atoms with E-state index in [4.69, 9.17) is 0 Å². The lowest BCUT2D eigenvalue weighted by atomic mass is 10.0. The van der Waals surface area contributed by atoms with Gasteiger partial charge in [0, 0.05) is 6.42 Å². The molecule has 2 atom stereocenters. The van der Waals surface area contributed by atoms with Crippen molar-refractivity contribution in [3.63, 3.8) is 0 Å². The van der Waals surface area contributed by atoms with E-state index in [-0.39, 0.29) is 12.5 Å². The Morgan fingerprint density at radius 2 is 0.872 bits per heavy atom. The van der Waals surface area contributed by atoms with E-state index in [0.717, 1.165) is 32.1 Å². The SMILES string of the molecule is CCCCC/C=C\C/C=C\CCCCCCCCCC(=O)NC(CO)C(O)/C=C/CCCCCCCCCCCCCCCCCC. The smallest absolute Gasteiger partial charge is 0.220 e. The molecule has 0 spiro atoms. The number of aliphatic hydroxyl groups is 2. The van der Waals surface area contributed by atoms with Crippen LogP contribution >= 0.6 is 0 Å². The molecule has 0 saturated carbocycles. The number of hydrogen-bond acceptors (Lipinski definition) is 3. The van der Waals surface area contributed by atoms with E-state index >= 15 is 0 Å². The van der Waals surface area contributed by atoms with Crippen molar-refractivity contribution < 1.29 is 15.0 Å². The van der Waals surface area contributed by atoms with E-state index in [9.17, 15) is 15.0 Å². The number of hydrogen-bond donors (Lipinski definition) is 3. The fraction of sp³-hybridized carbons (Fsp3) is 0.837. The van der Waals surface area contributed by atoms with Gasteiger partial charge in [-0.2, -0.15) is 0 Å². The normalized spacial score (nSPS) is 13.4. The van der Waals surface area contributed by atoms with Gasteiger partial charge in [-0.1, -0.05) is 192 Å². The second-order valence-corrected chi connectivity index (χ2v) is 14.1. The first-order chi connectivity index (χ1) is 23.2. The topological polar surface area (TPSA) is 69.6 Å². The summed E-state index contributed by atoms with van der Waals surface area (Å²) in [7, 11) is 0. The van der Waals surface area contributed by atoms with Crippen LogP contribution in [0.3, 0.4) is 0 Å². The lowest BCUT2D eigenvalue weighted by Gasteiger charge is -2.20. The maximum Gasteiger partial charge on any atom is 0.220 e. The zero-order chi connectivity index (χ0) is 34.3. The summed E-state index contributed by atoms with van der Waals surface area (Å²) in [6, 6.07) is -0.625. The molecule has 0 aliphatic rings. The second kappa shape index (κ2) is 39.1. The summed E-state index contributed by atoms with van der Waals surface area (Å²) in [6.07, 6.45) is 50.9. The highest BCUT2D eigenvalue weighted by Gasteiger charge is 2.17. The summed E-state index contributed by atoms with van der Waals surface area (Å²) in [5.74, 6) is -0.0723. The highest BCUT2D eigenvalue weighted by Crippen LogP contribution is 2.15. The van der Waals surface area contributed by atoms with Crippen molar-refractivity contribution in [1.82, 2.24) is 5.32 Å². The Balaban J connectivity index is 3.60. The van der Waals surface area contributed by atoms with Crippen molar-refractivity contribution in [2.24, 2.45) is 0 Å². The van der Waals surface area contributed by atoms with Crippen LogP contribution in [0.1, 0.15) is 213 Å². The molecule has 0 aromatic heterocycles. The van der Waals surface area contributed by atoms with Gasteiger partial charge in [0.05, 0.1) is 18.8 Å². The molecule has 0 rings (SSSR count). The molecule has 0 heterocycles. The average Bonchev–Trinajstić information content (AvgIpc) is 3.07. The zero-order valence-electron chi connectivity index (χ0n) is 31.5. The molecule has 0 aromatic rings. The van der Waals surface area contributed by atoms with Crippen molar-refractivity contribution >= 4 is 5.91 Å². The molecule has 0 fully saturated rings. The highest BCUT2D eigenvalue weighted by molar-refractivity contribution is 5.76. The molecule has 4 heteroatoms. The van der Waals surface area contributed by atoms with Gasteiger partial charge in [0.2, 0.25) is 5.91 Å². The lowest BCUT2D eigenvalue weighted by molar-refractivity contribution is -0.123. The maximum absolute atomic E-state index is 12.4. The van der Waals surface area contributed by atoms with Gasteiger partial charge in [0.15, 0.2) is 0 Å². The largest absolute Gasteiger partial charge is 0.394 e. The van der Waals surface area contributed by atoms with Crippen molar-refractivity contribution in [2.75, 3.05) is 6.61 Å². The van der Waals surface area contributed by atoms with Crippen LogP contribution in [0.25, 0.3) is 0 Å². The fourth-order valence-corrected chi connectivity index (χ4v) is 6.15. The minimum Gasteiger partial charge on any atom is -0.394 e. The predicted molar refractivity (Wildman–Crippen MR) is 207 cm³/mol. The van der Waals surface area contributed by atoms with E-state index in [1.807, 2.05) is 6.08 Å². The van der Waals surface area contributed by atoms with Crippen LogP contribution in [0.4, 0.5) is 0 Å². The zero-order valence-corrected chi connectivity index (χ0v) is 31.5. The summed E-state index contributed by atoms with van der Waals surface area (Å²) < 4.78 is 0. The molecule has 0 radical (unpaired) electrons. The monoisotopic (exact) mass is 660 g/mol. The van der Waals surface area contributed by atoms with E-state index in [2.05, 4.69) is 43.5 Å². The first-order valence-electron chi connectivity index (χ1n) is 20.7. The molecule has 47 heavy (non-hydrogen) atoms. The number of allylic oxidation sites excluding steroid dienone is 5. The predicted octanol–water partition coefficient (Wildman–Crippen LogP) is 12.6. The summed E-state index contributed by atoms with van der Waals surface area (Å²) in [4.78, 5) is 12.4. The van der Waals surface area contributed by atoms with Crippen LogP contribution in [-0.4, -0.2) is 34.9 Å². The lowest BCUT2D eigenvalue weighted by Crippen LogP contribution is -2.45. The first-order valence-corrected chi connectivity index (χ1v) is 20.7. The average molecular weight is 660 g/mol. The molecule has 276 valence electrons. The number of aliphatic hydroxyl groups excluding tert-OH is 2. The molecule has 2 unspecified atom stereocenters. The van der Waals surface area contributed by atoms with Crippen molar-refractivity contribution in [2.45, 2.75) is 225 Å². The Bertz CT molecular complexity index is 716. The van der Waals surface area contributed by atoms with Crippen molar-refractivity contribution in [3.8, 4) is 0 Å². The van der Waals surface area contributed by atoms with Crippen molar-refractivity contribution in [3.05, 3.63) is 36.5 Å². The van der Waals surface area contributed by atoms with Crippen LogP contribution in [0.2, 0.25) is 0 Å². The molecule has 4 nitrogen and oxygen atoms in total. The standard InChI is InChI=1S/C43H81NO3/c1-3-5-7-9-11-13-15-17-19-21-23-24-26-28-30-32-34-36-38-42(46)41(40-45)44-43(47)39-37-35-33-31-29-27-25-22-20-18-16-14-12-10-8-6-4-2/h12,14,18,20,36,38,41-42,45-46H,3-11,13,15-17,19,21-35,37,39-40H2,1-2H3,(H,44,47)/b14-12-,20-18-,38-36+. The third-order valence-corrected chi connectivity index (χ3v) is 9.37. The minimum absolute atomic E-state index is 0.0723. The second-order valence-electron chi connectivity index (χ2n) is 14.1. The van der Waals surface area contributed by atoms with Crippen LogP contribution < -0.4 is 5.32 Å². The Kier molecular flexibility index (Phi) is 37.9. The summed E-state index contributed by atoms with van der Waals surface area (Å²) in [5.41, 5.74) is 0. The van der Waals surface area contributed by atoms with Crippen LogP contribution in [0, 0.1) is 0 Å². The number of unbranched alkanes of at least 4 members (excludes halogenated alkanes) is 26. The van der Waals surface area contributed by atoms with Gasteiger partial charge in [-0.05, 0) is 51.4 Å². The van der Waals surface area contributed by atoms with Crippen LogP contribution in [-0.2, 0) is 4.79 Å². The van der Waals surface area contributed by atoms with E-state index in [1.54, 1.807) is 6.08 Å².